The van der Waals surface area contributed by atoms with E-state index in [9.17, 15) is 4.79 Å². The first-order valence-corrected chi connectivity index (χ1v) is 8.87. The molecule has 0 saturated carbocycles. The minimum atomic E-state index is -0.814. The van der Waals surface area contributed by atoms with Crippen LogP contribution in [0, 0.1) is 18.3 Å². The molecule has 1 heterocycles. The highest BCUT2D eigenvalue weighted by Gasteiger charge is 2.13. The van der Waals surface area contributed by atoms with Gasteiger partial charge in [0.05, 0.1) is 18.1 Å². The van der Waals surface area contributed by atoms with Crippen molar-refractivity contribution in [2.75, 3.05) is 0 Å². The molecule has 0 bridgehead atoms. The number of benzene rings is 2. The number of aryl methyl sites for hydroxylation is 1. The lowest BCUT2D eigenvalue weighted by molar-refractivity contribution is -0.137. The SMILES string of the molecule is Cc1oc(-c2cccc(C#N)c2)nc1COc1ccc(C(C)CC(=O)O)cc1. The van der Waals surface area contributed by atoms with Crippen LogP contribution < -0.4 is 4.74 Å². The Hall–Kier alpha value is -3.59. The van der Waals surface area contributed by atoms with Crippen molar-refractivity contribution in [3.63, 3.8) is 0 Å². The van der Waals surface area contributed by atoms with Crippen LogP contribution >= 0.6 is 0 Å². The van der Waals surface area contributed by atoms with Crippen molar-refractivity contribution in [1.29, 1.82) is 5.26 Å². The van der Waals surface area contributed by atoms with Crippen molar-refractivity contribution in [2.45, 2.75) is 32.8 Å². The fraction of sp³-hybridized carbons (Fsp3) is 0.227. The average molecular weight is 376 g/mol. The number of carboxylic acid groups (broad SMARTS) is 1. The fourth-order valence-electron chi connectivity index (χ4n) is 2.83. The fourth-order valence-corrected chi connectivity index (χ4v) is 2.83. The molecule has 1 N–H and O–H groups in total. The van der Waals surface area contributed by atoms with Gasteiger partial charge in [-0.3, -0.25) is 4.79 Å². The van der Waals surface area contributed by atoms with Crippen LogP contribution in [0.4, 0.5) is 0 Å². The number of hydrogen-bond donors (Lipinski definition) is 1. The standard InChI is InChI=1S/C22H20N2O4/c1-14(10-21(25)26)17-6-8-19(9-7-17)27-13-20-15(2)28-22(24-20)18-5-3-4-16(11-18)12-23/h3-9,11,14H,10,13H2,1-2H3,(H,25,26). The van der Waals surface area contributed by atoms with E-state index in [-0.39, 0.29) is 18.9 Å². The molecule has 28 heavy (non-hydrogen) atoms. The molecule has 2 aromatic carbocycles. The molecule has 3 aromatic rings. The van der Waals surface area contributed by atoms with Gasteiger partial charge in [-0.2, -0.15) is 5.26 Å². The second-order valence-electron chi connectivity index (χ2n) is 6.57. The molecule has 1 unspecified atom stereocenters. The number of carbonyl (C=O) groups is 1. The summed E-state index contributed by atoms with van der Waals surface area (Å²) < 4.78 is 11.5. The van der Waals surface area contributed by atoms with Gasteiger partial charge in [-0.15, -0.1) is 0 Å². The van der Waals surface area contributed by atoms with E-state index < -0.39 is 5.97 Å². The maximum atomic E-state index is 10.8. The number of ether oxygens (including phenoxy) is 1. The highest BCUT2D eigenvalue weighted by molar-refractivity contribution is 5.68. The smallest absolute Gasteiger partial charge is 0.303 e. The summed E-state index contributed by atoms with van der Waals surface area (Å²) in [6, 6.07) is 16.6. The van der Waals surface area contributed by atoms with Gasteiger partial charge in [0.2, 0.25) is 5.89 Å². The quantitative estimate of drug-likeness (QED) is 0.643. The molecule has 142 valence electrons. The van der Waals surface area contributed by atoms with E-state index in [4.69, 9.17) is 19.5 Å². The molecular formula is C22H20N2O4. The zero-order valence-electron chi connectivity index (χ0n) is 15.7. The molecular weight excluding hydrogens is 356 g/mol. The van der Waals surface area contributed by atoms with Crippen LogP contribution in [0.15, 0.2) is 52.9 Å². The molecule has 0 saturated heterocycles. The summed E-state index contributed by atoms with van der Waals surface area (Å²) in [5, 5.41) is 17.9. The minimum Gasteiger partial charge on any atom is -0.487 e. The van der Waals surface area contributed by atoms with Crippen LogP contribution in [0.25, 0.3) is 11.5 Å². The van der Waals surface area contributed by atoms with E-state index in [2.05, 4.69) is 11.1 Å². The summed E-state index contributed by atoms with van der Waals surface area (Å²) in [7, 11) is 0. The normalized spacial score (nSPS) is 11.6. The molecule has 6 heteroatoms. The Morgan fingerprint density at radius 1 is 1.29 bits per heavy atom. The molecule has 0 aliphatic rings. The van der Waals surface area contributed by atoms with Crippen LogP contribution in [0.5, 0.6) is 5.75 Å². The van der Waals surface area contributed by atoms with Gasteiger partial charge < -0.3 is 14.3 Å². The Kier molecular flexibility index (Phi) is 5.75. The lowest BCUT2D eigenvalue weighted by Gasteiger charge is -2.10. The van der Waals surface area contributed by atoms with Gasteiger partial charge in [-0.1, -0.05) is 25.1 Å². The summed E-state index contributed by atoms with van der Waals surface area (Å²) in [5.74, 6) is 0.901. The Morgan fingerprint density at radius 3 is 2.71 bits per heavy atom. The Morgan fingerprint density at radius 2 is 2.04 bits per heavy atom. The first-order chi connectivity index (χ1) is 13.5. The Balaban J connectivity index is 1.67. The van der Waals surface area contributed by atoms with E-state index >= 15 is 0 Å². The van der Waals surface area contributed by atoms with Crippen LogP contribution in [0.2, 0.25) is 0 Å². The first-order valence-electron chi connectivity index (χ1n) is 8.87. The van der Waals surface area contributed by atoms with Gasteiger partial charge in [-0.05, 0) is 48.7 Å². The lowest BCUT2D eigenvalue weighted by Crippen LogP contribution is -2.03. The number of aromatic nitrogens is 1. The van der Waals surface area contributed by atoms with E-state index in [0.717, 1.165) is 11.1 Å². The third-order valence-corrected chi connectivity index (χ3v) is 4.44. The second-order valence-corrected chi connectivity index (χ2v) is 6.57. The van der Waals surface area contributed by atoms with Crippen molar-refractivity contribution >= 4 is 5.97 Å². The van der Waals surface area contributed by atoms with Crippen LogP contribution in [0.1, 0.15) is 41.8 Å². The van der Waals surface area contributed by atoms with Gasteiger partial charge in [0.25, 0.3) is 0 Å². The van der Waals surface area contributed by atoms with Crippen molar-refractivity contribution in [2.24, 2.45) is 0 Å². The largest absolute Gasteiger partial charge is 0.487 e. The van der Waals surface area contributed by atoms with Crippen molar-refractivity contribution < 1.29 is 19.1 Å². The lowest BCUT2D eigenvalue weighted by atomic mass is 9.98. The van der Waals surface area contributed by atoms with Crippen molar-refractivity contribution in [3.8, 4) is 23.3 Å². The van der Waals surface area contributed by atoms with E-state index in [1.165, 1.54) is 0 Å². The van der Waals surface area contributed by atoms with Gasteiger partial charge in [-0.25, -0.2) is 4.98 Å². The molecule has 0 spiro atoms. The highest BCUT2D eigenvalue weighted by atomic mass is 16.5. The maximum Gasteiger partial charge on any atom is 0.303 e. The van der Waals surface area contributed by atoms with Gasteiger partial charge in [0, 0.05) is 5.56 Å². The summed E-state index contributed by atoms with van der Waals surface area (Å²) in [6.45, 7) is 3.95. The summed E-state index contributed by atoms with van der Waals surface area (Å²) in [5.41, 5.74) is 2.92. The molecule has 3 rings (SSSR count). The minimum absolute atomic E-state index is 0.0592. The number of oxazole rings is 1. The number of nitriles is 1. The van der Waals surface area contributed by atoms with Gasteiger partial charge in [0.1, 0.15) is 23.8 Å². The number of hydrogen-bond acceptors (Lipinski definition) is 5. The molecule has 0 amide bonds. The molecule has 0 fully saturated rings. The molecule has 0 aliphatic carbocycles. The van der Waals surface area contributed by atoms with E-state index in [0.29, 0.717) is 28.7 Å². The monoisotopic (exact) mass is 376 g/mol. The first kappa shape index (κ1) is 19.2. The summed E-state index contributed by atoms with van der Waals surface area (Å²) in [6.07, 6.45) is 0.0914. The third-order valence-electron chi connectivity index (χ3n) is 4.44. The molecule has 0 radical (unpaired) electrons. The number of rotatable bonds is 7. The summed E-state index contributed by atoms with van der Waals surface area (Å²) in [4.78, 5) is 15.3. The van der Waals surface area contributed by atoms with Crippen LogP contribution in [-0.2, 0) is 11.4 Å². The van der Waals surface area contributed by atoms with Crippen LogP contribution in [-0.4, -0.2) is 16.1 Å². The Bertz CT molecular complexity index is 1020. The van der Waals surface area contributed by atoms with E-state index in [1.54, 1.807) is 18.2 Å². The number of nitrogens with zero attached hydrogens (tertiary/aromatic N) is 2. The van der Waals surface area contributed by atoms with Crippen molar-refractivity contribution in [1.82, 2.24) is 4.98 Å². The zero-order chi connectivity index (χ0) is 20.1. The highest BCUT2D eigenvalue weighted by Crippen LogP contribution is 2.25. The number of carboxylic acids is 1. The molecule has 6 nitrogen and oxygen atoms in total. The van der Waals surface area contributed by atoms with Crippen molar-refractivity contribution in [3.05, 3.63) is 71.1 Å². The summed E-state index contributed by atoms with van der Waals surface area (Å²) >= 11 is 0. The van der Waals surface area contributed by atoms with E-state index in [1.807, 2.05) is 44.2 Å². The molecule has 1 aromatic heterocycles. The Labute approximate surface area is 163 Å². The second kappa shape index (κ2) is 8.40. The number of aliphatic carboxylic acids is 1. The van der Waals surface area contributed by atoms with Gasteiger partial charge >= 0.3 is 5.97 Å². The predicted octanol–water partition coefficient (Wildman–Crippen LogP) is 4.68. The predicted molar refractivity (Wildman–Crippen MR) is 103 cm³/mol. The topological polar surface area (TPSA) is 96.4 Å². The molecule has 1 atom stereocenters. The van der Waals surface area contributed by atoms with Crippen LogP contribution in [0.3, 0.4) is 0 Å². The third kappa shape index (κ3) is 4.57. The average Bonchev–Trinajstić information content (AvgIpc) is 3.07. The van der Waals surface area contributed by atoms with Gasteiger partial charge in [0.15, 0.2) is 0 Å². The maximum absolute atomic E-state index is 10.8. The molecule has 0 aliphatic heterocycles. The zero-order valence-corrected chi connectivity index (χ0v) is 15.7.